The molecule has 2 atom stereocenters. The van der Waals surface area contributed by atoms with Crippen molar-refractivity contribution in [1.29, 1.82) is 0 Å². The van der Waals surface area contributed by atoms with Gasteiger partial charge in [-0.25, -0.2) is 0 Å². The van der Waals surface area contributed by atoms with E-state index in [-0.39, 0.29) is 4.75 Å². The third-order valence-electron chi connectivity index (χ3n) is 3.62. The quantitative estimate of drug-likeness (QED) is 0.664. The molecule has 82 valence electrons. The lowest BCUT2D eigenvalue weighted by Gasteiger charge is -2.41. The highest BCUT2D eigenvalue weighted by Gasteiger charge is 2.42. The molecule has 1 aliphatic rings. The number of hydrogen-bond acceptors (Lipinski definition) is 2. The van der Waals surface area contributed by atoms with E-state index in [9.17, 15) is 4.79 Å². The molecule has 1 rings (SSSR count). The summed E-state index contributed by atoms with van der Waals surface area (Å²) in [5.74, 6) is 1.14. The molecular formula is C12H22OS. The van der Waals surface area contributed by atoms with E-state index in [1.54, 1.807) is 11.8 Å². The van der Waals surface area contributed by atoms with Crippen LogP contribution in [-0.2, 0) is 4.79 Å². The molecule has 0 amide bonds. The van der Waals surface area contributed by atoms with Gasteiger partial charge in [0.05, 0.1) is 4.75 Å². The molecule has 0 radical (unpaired) electrons. The average Bonchev–Trinajstić information content (AvgIpc) is 2.08. The number of rotatable bonds is 1. The third-order valence-corrected chi connectivity index (χ3v) is 4.92. The normalized spacial score (nSPS) is 34.6. The molecule has 14 heavy (non-hydrogen) atoms. The molecule has 1 saturated carbocycles. The smallest absolute Gasteiger partial charge is 0.148 e. The number of ketones is 1. The lowest BCUT2D eigenvalue weighted by molar-refractivity contribution is -0.124. The zero-order valence-corrected chi connectivity index (χ0v) is 10.8. The minimum absolute atomic E-state index is 0.115. The Kier molecular flexibility index (Phi) is 3.35. The first-order valence-corrected chi connectivity index (χ1v) is 6.60. The number of carbonyl (C=O) groups excluding carboxylic acids is 1. The van der Waals surface area contributed by atoms with Crippen molar-refractivity contribution in [1.82, 2.24) is 0 Å². The predicted molar refractivity (Wildman–Crippen MR) is 63.7 cm³/mol. The maximum absolute atomic E-state index is 11.8. The Morgan fingerprint density at radius 2 is 2.00 bits per heavy atom. The monoisotopic (exact) mass is 214 g/mol. The molecular weight excluding hydrogens is 192 g/mol. The minimum Gasteiger partial charge on any atom is -0.298 e. The fraction of sp³-hybridized carbons (Fsp3) is 0.917. The van der Waals surface area contributed by atoms with E-state index >= 15 is 0 Å². The second kappa shape index (κ2) is 3.88. The van der Waals surface area contributed by atoms with Crippen LogP contribution in [0.1, 0.15) is 47.0 Å². The maximum Gasteiger partial charge on any atom is 0.148 e. The van der Waals surface area contributed by atoms with Gasteiger partial charge in [0.1, 0.15) is 5.78 Å². The van der Waals surface area contributed by atoms with Gasteiger partial charge in [-0.2, -0.15) is 11.8 Å². The number of Topliss-reactive ketones (excluding diaryl/α,β-unsaturated/α-hetero) is 1. The SMILES string of the molecule is CS[C@@]1(C)C[C@@H](C(C)(C)C)CCC1=O. The van der Waals surface area contributed by atoms with Gasteiger partial charge in [0.25, 0.3) is 0 Å². The topological polar surface area (TPSA) is 17.1 Å². The molecule has 0 aliphatic heterocycles. The van der Waals surface area contributed by atoms with Crippen molar-refractivity contribution in [2.45, 2.75) is 51.7 Å². The number of hydrogen-bond donors (Lipinski definition) is 0. The molecule has 0 aromatic carbocycles. The van der Waals surface area contributed by atoms with Crippen molar-refractivity contribution in [3.8, 4) is 0 Å². The summed E-state index contributed by atoms with van der Waals surface area (Å²) >= 11 is 1.73. The highest BCUT2D eigenvalue weighted by molar-refractivity contribution is 8.00. The standard InChI is InChI=1S/C12H22OS/c1-11(2,3)9-6-7-10(13)12(4,8-9)14-5/h9H,6-8H2,1-5H3/t9-,12-/m0/s1. The number of carbonyl (C=O) groups is 1. The van der Waals surface area contributed by atoms with Gasteiger partial charge in [0.2, 0.25) is 0 Å². The van der Waals surface area contributed by atoms with Crippen molar-refractivity contribution in [3.05, 3.63) is 0 Å². The van der Waals surface area contributed by atoms with Crippen molar-refractivity contribution >= 4 is 17.5 Å². The third kappa shape index (κ3) is 2.33. The first-order chi connectivity index (χ1) is 6.29. The fourth-order valence-corrected chi connectivity index (χ4v) is 2.89. The van der Waals surface area contributed by atoms with Crippen molar-refractivity contribution in [2.75, 3.05) is 6.26 Å². The van der Waals surface area contributed by atoms with E-state index in [0.29, 0.717) is 17.1 Å². The van der Waals surface area contributed by atoms with E-state index in [2.05, 4.69) is 34.0 Å². The Morgan fingerprint density at radius 1 is 1.43 bits per heavy atom. The van der Waals surface area contributed by atoms with Gasteiger partial charge in [-0.15, -0.1) is 0 Å². The Hall–Kier alpha value is 0.0200. The molecule has 0 aromatic rings. The average molecular weight is 214 g/mol. The molecule has 0 aromatic heterocycles. The summed E-state index contributed by atoms with van der Waals surface area (Å²) in [6.45, 7) is 8.97. The summed E-state index contributed by atoms with van der Waals surface area (Å²) in [7, 11) is 0. The van der Waals surface area contributed by atoms with Crippen molar-refractivity contribution < 1.29 is 4.79 Å². The fourth-order valence-electron chi connectivity index (χ4n) is 2.19. The molecule has 0 N–H and O–H groups in total. The Labute approximate surface area is 92.0 Å². The van der Waals surface area contributed by atoms with E-state index in [1.165, 1.54) is 0 Å². The second-order valence-corrected chi connectivity index (χ2v) is 6.97. The van der Waals surface area contributed by atoms with Crippen LogP contribution in [0.2, 0.25) is 0 Å². The lowest BCUT2D eigenvalue weighted by Crippen LogP contribution is -2.41. The van der Waals surface area contributed by atoms with Crippen LogP contribution in [0, 0.1) is 11.3 Å². The first kappa shape index (κ1) is 12.1. The number of thioether (sulfide) groups is 1. The molecule has 0 bridgehead atoms. The summed E-state index contributed by atoms with van der Waals surface area (Å²) < 4.78 is -0.115. The highest BCUT2D eigenvalue weighted by Crippen LogP contribution is 2.45. The molecule has 0 unspecified atom stereocenters. The summed E-state index contributed by atoms with van der Waals surface area (Å²) in [4.78, 5) is 11.8. The van der Waals surface area contributed by atoms with Crippen molar-refractivity contribution in [2.24, 2.45) is 11.3 Å². The molecule has 0 saturated heterocycles. The zero-order valence-electron chi connectivity index (χ0n) is 10.0. The van der Waals surface area contributed by atoms with Gasteiger partial charge in [0, 0.05) is 6.42 Å². The summed E-state index contributed by atoms with van der Waals surface area (Å²) in [5.41, 5.74) is 0.345. The Balaban J connectivity index is 2.77. The van der Waals surface area contributed by atoms with Gasteiger partial charge in [-0.05, 0) is 37.4 Å². The molecule has 0 spiro atoms. The zero-order chi connectivity index (χ0) is 11.0. The van der Waals surface area contributed by atoms with E-state index in [1.807, 2.05) is 0 Å². The van der Waals surface area contributed by atoms with Crippen LogP contribution in [0.25, 0.3) is 0 Å². The minimum atomic E-state index is -0.115. The van der Waals surface area contributed by atoms with Gasteiger partial charge >= 0.3 is 0 Å². The molecule has 2 heteroatoms. The van der Waals surface area contributed by atoms with Crippen LogP contribution in [0.15, 0.2) is 0 Å². The molecule has 0 heterocycles. The maximum atomic E-state index is 11.8. The van der Waals surface area contributed by atoms with Gasteiger partial charge in [0.15, 0.2) is 0 Å². The molecule has 1 aliphatic carbocycles. The van der Waals surface area contributed by atoms with Crippen LogP contribution in [-0.4, -0.2) is 16.8 Å². The van der Waals surface area contributed by atoms with Crippen LogP contribution < -0.4 is 0 Å². The second-order valence-electron chi connectivity index (χ2n) is 5.66. The van der Waals surface area contributed by atoms with Crippen molar-refractivity contribution in [3.63, 3.8) is 0 Å². The van der Waals surface area contributed by atoms with Crippen LogP contribution in [0.4, 0.5) is 0 Å². The molecule has 1 nitrogen and oxygen atoms in total. The summed E-state index contributed by atoms with van der Waals surface area (Å²) in [5, 5.41) is 0. The van der Waals surface area contributed by atoms with Crippen LogP contribution in [0.3, 0.4) is 0 Å². The largest absolute Gasteiger partial charge is 0.298 e. The highest BCUT2D eigenvalue weighted by atomic mass is 32.2. The van der Waals surface area contributed by atoms with Crippen LogP contribution in [0.5, 0.6) is 0 Å². The van der Waals surface area contributed by atoms with Gasteiger partial charge in [-0.1, -0.05) is 20.8 Å². The van der Waals surface area contributed by atoms with Gasteiger partial charge < -0.3 is 0 Å². The molecule has 1 fully saturated rings. The van der Waals surface area contributed by atoms with E-state index in [4.69, 9.17) is 0 Å². The summed E-state index contributed by atoms with van der Waals surface area (Å²) in [6.07, 6.45) is 4.97. The van der Waals surface area contributed by atoms with Gasteiger partial charge in [-0.3, -0.25) is 4.79 Å². The Bertz CT molecular complexity index is 229. The first-order valence-electron chi connectivity index (χ1n) is 5.38. The summed E-state index contributed by atoms with van der Waals surface area (Å²) in [6, 6.07) is 0. The lowest BCUT2D eigenvalue weighted by atomic mass is 9.69. The van der Waals surface area contributed by atoms with E-state index in [0.717, 1.165) is 19.3 Å². The van der Waals surface area contributed by atoms with Crippen LogP contribution >= 0.6 is 11.8 Å². The van der Waals surface area contributed by atoms with E-state index < -0.39 is 0 Å². The predicted octanol–water partition coefficient (Wildman–Crippen LogP) is 3.52. The Morgan fingerprint density at radius 3 is 2.43 bits per heavy atom.